The summed E-state index contributed by atoms with van der Waals surface area (Å²) in [7, 11) is 0. The molecule has 3 aromatic carbocycles. The number of amides is 2. The highest BCUT2D eigenvalue weighted by atomic mass is 19.1. The summed E-state index contributed by atoms with van der Waals surface area (Å²) in [6.45, 7) is 3.73. The first-order valence-electron chi connectivity index (χ1n) is 12.4. The van der Waals surface area contributed by atoms with Crippen molar-refractivity contribution in [3.63, 3.8) is 0 Å². The van der Waals surface area contributed by atoms with Crippen LogP contribution in [0.15, 0.2) is 78.9 Å². The predicted molar refractivity (Wildman–Crippen MR) is 137 cm³/mol. The molecule has 1 N–H and O–H groups in total. The maximum Gasteiger partial charge on any atom is 0.230 e. The fourth-order valence-corrected chi connectivity index (χ4v) is 4.85. The Labute approximate surface area is 207 Å². The van der Waals surface area contributed by atoms with Crippen molar-refractivity contribution in [3.8, 4) is 0 Å². The molecule has 35 heavy (non-hydrogen) atoms. The lowest BCUT2D eigenvalue weighted by atomic mass is 9.72. The van der Waals surface area contributed by atoms with Crippen LogP contribution in [-0.2, 0) is 27.8 Å². The van der Waals surface area contributed by atoms with E-state index in [9.17, 15) is 14.0 Å². The quantitative estimate of drug-likeness (QED) is 0.502. The monoisotopic (exact) mass is 472 g/mol. The third-order valence-corrected chi connectivity index (χ3v) is 7.09. The van der Waals surface area contributed by atoms with Gasteiger partial charge in [0.1, 0.15) is 5.82 Å². The van der Waals surface area contributed by atoms with Gasteiger partial charge in [-0.15, -0.1) is 0 Å². The van der Waals surface area contributed by atoms with Gasteiger partial charge in [0.25, 0.3) is 0 Å². The number of nitrogens with zero attached hydrogens (tertiary/aromatic N) is 1. The summed E-state index contributed by atoms with van der Waals surface area (Å²) in [5.74, 6) is -0.157. The van der Waals surface area contributed by atoms with Gasteiger partial charge in [-0.1, -0.05) is 72.3 Å². The van der Waals surface area contributed by atoms with E-state index >= 15 is 0 Å². The van der Waals surface area contributed by atoms with Crippen molar-refractivity contribution in [2.45, 2.75) is 44.4 Å². The Morgan fingerprint density at radius 2 is 1.46 bits per heavy atom. The first-order valence-corrected chi connectivity index (χ1v) is 12.4. The van der Waals surface area contributed by atoms with E-state index in [1.54, 1.807) is 12.1 Å². The Hall–Kier alpha value is -3.47. The van der Waals surface area contributed by atoms with E-state index < -0.39 is 5.41 Å². The molecule has 0 unspecified atom stereocenters. The van der Waals surface area contributed by atoms with Crippen LogP contribution in [0.4, 0.5) is 4.39 Å². The number of aryl methyl sites for hydroxylation is 2. The molecular weight excluding hydrogens is 439 g/mol. The average Bonchev–Trinajstić information content (AvgIpc) is 2.90. The number of hydrogen-bond donors (Lipinski definition) is 1. The molecule has 0 aromatic heterocycles. The number of nitrogens with one attached hydrogen (secondary N) is 1. The summed E-state index contributed by atoms with van der Waals surface area (Å²) in [6, 6.07) is 24.6. The number of hydrogen-bond acceptors (Lipinski definition) is 2. The second-order valence-corrected chi connectivity index (χ2v) is 9.45. The summed E-state index contributed by atoms with van der Waals surface area (Å²) in [5, 5.41) is 3.18. The zero-order valence-corrected chi connectivity index (χ0v) is 20.3. The summed E-state index contributed by atoms with van der Waals surface area (Å²) in [5.41, 5.74) is 3.74. The van der Waals surface area contributed by atoms with Crippen LogP contribution in [0.25, 0.3) is 0 Å². The molecule has 182 valence electrons. The van der Waals surface area contributed by atoms with Gasteiger partial charge in [0.05, 0.1) is 5.41 Å². The standard InChI is InChI=1S/C30H33FN2O2/c1-23-7-9-25(10-8-23)17-20-32-29(35)30(26-5-3-2-4-6-26)18-21-33(22-19-30)28(34)16-13-24-11-14-27(31)15-12-24/h2-12,14-15H,13,16-22H2,1H3,(H,32,35). The summed E-state index contributed by atoms with van der Waals surface area (Å²) < 4.78 is 13.1. The van der Waals surface area contributed by atoms with E-state index in [0.29, 0.717) is 45.3 Å². The molecule has 5 heteroatoms. The first kappa shape index (κ1) is 24.6. The predicted octanol–water partition coefficient (Wildman–Crippen LogP) is 4.99. The molecule has 0 saturated carbocycles. The lowest BCUT2D eigenvalue weighted by Crippen LogP contribution is -2.53. The maximum absolute atomic E-state index is 13.5. The van der Waals surface area contributed by atoms with Crippen molar-refractivity contribution in [1.82, 2.24) is 10.2 Å². The Morgan fingerprint density at radius 1 is 0.857 bits per heavy atom. The second kappa shape index (κ2) is 11.3. The molecule has 0 aliphatic carbocycles. The molecule has 1 saturated heterocycles. The molecule has 2 amide bonds. The molecule has 1 aliphatic rings. The number of carbonyl (C=O) groups is 2. The molecule has 0 spiro atoms. The minimum atomic E-state index is -0.637. The van der Waals surface area contributed by atoms with Crippen molar-refractivity contribution in [1.29, 1.82) is 0 Å². The van der Waals surface area contributed by atoms with Gasteiger partial charge in [0.2, 0.25) is 11.8 Å². The smallest absolute Gasteiger partial charge is 0.230 e. The van der Waals surface area contributed by atoms with Gasteiger partial charge in [0.15, 0.2) is 0 Å². The van der Waals surface area contributed by atoms with Gasteiger partial charge >= 0.3 is 0 Å². The van der Waals surface area contributed by atoms with Crippen LogP contribution in [0.3, 0.4) is 0 Å². The number of likely N-dealkylation sites (tertiary alicyclic amines) is 1. The highest BCUT2D eigenvalue weighted by molar-refractivity contribution is 5.89. The molecule has 1 fully saturated rings. The molecule has 4 rings (SSSR count). The maximum atomic E-state index is 13.5. The van der Waals surface area contributed by atoms with E-state index in [4.69, 9.17) is 0 Å². The van der Waals surface area contributed by atoms with Crippen molar-refractivity contribution in [2.24, 2.45) is 0 Å². The second-order valence-electron chi connectivity index (χ2n) is 9.45. The van der Waals surface area contributed by atoms with E-state index in [-0.39, 0.29) is 17.6 Å². The number of carbonyl (C=O) groups excluding carboxylic acids is 2. The molecule has 1 aliphatic heterocycles. The Morgan fingerprint density at radius 3 is 2.11 bits per heavy atom. The summed E-state index contributed by atoms with van der Waals surface area (Å²) >= 11 is 0. The lowest BCUT2D eigenvalue weighted by Gasteiger charge is -2.41. The van der Waals surface area contributed by atoms with Crippen LogP contribution in [0.1, 0.15) is 41.5 Å². The van der Waals surface area contributed by atoms with Crippen LogP contribution in [0.2, 0.25) is 0 Å². The van der Waals surface area contributed by atoms with Crippen molar-refractivity contribution >= 4 is 11.8 Å². The van der Waals surface area contributed by atoms with E-state index in [0.717, 1.165) is 17.5 Å². The normalized spacial score (nSPS) is 15.0. The average molecular weight is 473 g/mol. The molecule has 0 bridgehead atoms. The first-order chi connectivity index (χ1) is 17.0. The third-order valence-electron chi connectivity index (χ3n) is 7.09. The minimum Gasteiger partial charge on any atom is -0.355 e. The van der Waals surface area contributed by atoms with E-state index in [1.807, 2.05) is 35.2 Å². The summed E-state index contributed by atoms with van der Waals surface area (Å²) in [6.07, 6.45) is 2.93. The minimum absolute atomic E-state index is 0.0363. The Balaban J connectivity index is 1.37. The molecule has 4 nitrogen and oxygen atoms in total. The van der Waals surface area contributed by atoms with Crippen molar-refractivity contribution in [2.75, 3.05) is 19.6 Å². The third kappa shape index (κ3) is 6.16. The molecule has 1 heterocycles. The van der Waals surface area contributed by atoms with Crippen LogP contribution >= 0.6 is 0 Å². The number of rotatable bonds is 8. The van der Waals surface area contributed by atoms with Crippen molar-refractivity contribution in [3.05, 3.63) is 107 Å². The topological polar surface area (TPSA) is 49.4 Å². The van der Waals surface area contributed by atoms with Gasteiger partial charge < -0.3 is 10.2 Å². The molecule has 0 atom stereocenters. The van der Waals surface area contributed by atoms with Gasteiger partial charge in [-0.05, 0) is 61.4 Å². The SMILES string of the molecule is Cc1ccc(CCNC(=O)C2(c3ccccc3)CCN(C(=O)CCc3ccc(F)cc3)CC2)cc1. The highest BCUT2D eigenvalue weighted by Crippen LogP contribution is 2.36. The molecule has 0 radical (unpaired) electrons. The van der Waals surface area contributed by atoms with Crippen LogP contribution in [0, 0.1) is 12.7 Å². The van der Waals surface area contributed by atoms with Crippen LogP contribution in [0.5, 0.6) is 0 Å². The Kier molecular flexibility index (Phi) is 7.96. The number of benzene rings is 3. The highest BCUT2D eigenvalue weighted by Gasteiger charge is 2.43. The van der Waals surface area contributed by atoms with Gasteiger partial charge in [-0.3, -0.25) is 9.59 Å². The largest absolute Gasteiger partial charge is 0.355 e. The van der Waals surface area contributed by atoms with Gasteiger partial charge in [-0.25, -0.2) is 4.39 Å². The lowest BCUT2D eigenvalue weighted by molar-refractivity contribution is -0.136. The Bertz CT molecular complexity index is 1120. The van der Waals surface area contributed by atoms with Gasteiger partial charge in [0, 0.05) is 26.1 Å². The van der Waals surface area contributed by atoms with Gasteiger partial charge in [-0.2, -0.15) is 0 Å². The fourth-order valence-electron chi connectivity index (χ4n) is 4.85. The van der Waals surface area contributed by atoms with E-state index in [2.05, 4.69) is 36.5 Å². The summed E-state index contributed by atoms with van der Waals surface area (Å²) in [4.78, 5) is 28.3. The zero-order valence-electron chi connectivity index (χ0n) is 20.3. The van der Waals surface area contributed by atoms with Crippen molar-refractivity contribution < 1.29 is 14.0 Å². The van der Waals surface area contributed by atoms with Crippen LogP contribution < -0.4 is 5.32 Å². The zero-order chi connectivity index (χ0) is 24.7. The van der Waals surface area contributed by atoms with E-state index in [1.165, 1.54) is 23.3 Å². The fraction of sp³-hybridized carbons (Fsp3) is 0.333. The number of halogens is 1. The van der Waals surface area contributed by atoms with Crippen LogP contribution in [-0.4, -0.2) is 36.3 Å². The molecule has 3 aromatic rings. The number of piperidine rings is 1. The molecular formula is C30H33FN2O2.